The van der Waals surface area contributed by atoms with E-state index in [-0.39, 0.29) is 43.7 Å². The Morgan fingerprint density at radius 1 is 1.62 bits per heavy atom. The van der Waals surface area contributed by atoms with Gasteiger partial charge in [-0.15, -0.1) is 4.48 Å². The van der Waals surface area contributed by atoms with Gasteiger partial charge in [0.05, 0.1) is 0 Å². The van der Waals surface area contributed by atoms with E-state index in [0.29, 0.717) is 0 Å². The van der Waals surface area contributed by atoms with Gasteiger partial charge in [-0.05, 0) is 0 Å². The van der Waals surface area contributed by atoms with Crippen LogP contribution in [0, 0.1) is 43.7 Å². The zero-order valence-electron chi connectivity index (χ0n) is 4.72. The number of carbonyl (C=O) groups is 1. The van der Waals surface area contributed by atoms with Crippen LogP contribution in [0.4, 0.5) is 4.48 Å². The van der Waals surface area contributed by atoms with Gasteiger partial charge in [-0.1, -0.05) is 13.8 Å². The minimum atomic E-state index is -0.569. The van der Waals surface area contributed by atoms with Gasteiger partial charge in [0.25, 0.3) is 0 Å². The van der Waals surface area contributed by atoms with Gasteiger partial charge in [-0.25, -0.2) is 0 Å². The summed E-state index contributed by atoms with van der Waals surface area (Å²) in [6.45, 7) is 3.24. The molecule has 0 saturated carbocycles. The van der Waals surface area contributed by atoms with E-state index in [1.165, 1.54) is 0 Å². The number of carbonyl (C=O) groups excluding carboxylic acids is 1. The molecule has 0 aromatic rings. The molecule has 0 aliphatic carbocycles. The molecule has 0 aliphatic heterocycles. The molecule has 2 nitrogen and oxygen atoms in total. The van der Waals surface area contributed by atoms with E-state index in [4.69, 9.17) is 0 Å². The van der Waals surface area contributed by atoms with Crippen molar-refractivity contribution in [1.29, 1.82) is 0 Å². The van der Waals surface area contributed by atoms with Crippen molar-refractivity contribution >= 4 is 5.91 Å². The summed E-state index contributed by atoms with van der Waals surface area (Å²) in [6.07, 6.45) is 0. The summed E-state index contributed by atoms with van der Waals surface area (Å²) in [6, 6.07) is 0. The van der Waals surface area contributed by atoms with Gasteiger partial charge < -0.3 is 0 Å². The Morgan fingerprint density at radius 2 is 2.00 bits per heavy atom. The van der Waals surface area contributed by atoms with Crippen LogP contribution in [-0.2, 0) is 4.79 Å². The van der Waals surface area contributed by atoms with E-state index >= 15 is 0 Å². The SMILES string of the molecule is CC(C)C(=O)NF.[Ar]. The van der Waals surface area contributed by atoms with Crippen LogP contribution in [0.3, 0.4) is 0 Å². The molecule has 50 valence electrons. The van der Waals surface area contributed by atoms with Crippen LogP contribution in [-0.4, -0.2) is 5.91 Å². The third-order valence-corrected chi connectivity index (χ3v) is 0.618. The fourth-order valence-electron chi connectivity index (χ4n) is 0.109. The van der Waals surface area contributed by atoms with Crippen molar-refractivity contribution < 1.29 is 47.0 Å². The van der Waals surface area contributed by atoms with Gasteiger partial charge in [0.15, 0.2) is 0 Å². The fourth-order valence-corrected chi connectivity index (χ4v) is 0.109. The van der Waals surface area contributed by atoms with Gasteiger partial charge in [0, 0.05) is 43.7 Å². The van der Waals surface area contributed by atoms with Crippen LogP contribution >= 0.6 is 0 Å². The summed E-state index contributed by atoms with van der Waals surface area (Å²) >= 11 is 0. The largest absolute Gasteiger partial charge is 0.272 e. The van der Waals surface area contributed by atoms with Crippen LogP contribution in [0.5, 0.6) is 0 Å². The minimum Gasteiger partial charge on any atom is -0.272 e. The van der Waals surface area contributed by atoms with Crippen LogP contribution < -0.4 is 5.54 Å². The number of rotatable bonds is 1. The molecule has 0 aromatic heterocycles. The minimum absolute atomic E-state index is 0. The number of hydrogen-bond acceptors (Lipinski definition) is 1. The fraction of sp³-hybridized carbons (Fsp3) is 0.750. The third kappa shape index (κ3) is 4.81. The van der Waals surface area contributed by atoms with Gasteiger partial charge in [0.2, 0.25) is 5.91 Å². The van der Waals surface area contributed by atoms with Crippen molar-refractivity contribution in [2.45, 2.75) is 13.8 Å². The Morgan fingerprint density at radius 3 is 2.00 bits per heavy atom. The summed E-state index contributed by atoms with van der Waals surface area (Å²) in [4.78, 5) is 10.0. The van der Waals surface area contributed by atoms with Gasteiger partial charge in [-0.3, -0.25) is 4.79 Å². The van der Waals surface area contributed by atoms with Crippen LogP contribution in [0.25, 0.3) is 0 Å². The van der Waals surface area contributed by atoms with E-state index in [2.05, 4.69) is 0 Å². The zero-order valence-corrected chi connectivity index (χ0v) is 5.42. The standard InChI is InChI=1S/C4H8FNO.Ar/c1-3(2)4(7)6-5;/h3H,1-2H3,(H,6,7);. The van der Waals surface area contributed by atoms with Crippen molar-refractivity contribution in [1.82, 2.24) is 5.54 Å². The van der Waals surface area contributed by atoms with Crippen molar-refractivity contribution in [3.8, 4) is 0 Å². The monoisotopic (exact) mass is 145 g/mol. The number of hydrogen-bond donors (Lipinski definition) is 1. The average Bonchev–Trinajstić information content (AvgIpc) is 1.65. The molecular weight excluding hydrogens is 137 g/mol. The molecule has 0 aliphatic rings. The van der Waals surface area contributed by atoms with Crippen molar-refractivity contribution in [3.05, 3.63) is 0 Å². The van der Waals surface area contributed by atoms with E-state index < -0.39 is 5.91 Å². The molecule has 0 spiro atoms. The average molecular weight is 145 g/mol. The van der Waals surface area contributed by atoms with Gasteiger partial charge in [0.1, 0.15) is 0 Å². The zero-order chi connectivity index (χ0) is 5.86. The summed E-state index contributed by atoms with van der Waals surface area (Å²) in [5.74, 6) is -0.829. The van der Waals surface area contributed by atoms with E-state index in [1.807, 2.05) is 0 Å². The molecule has 0 fully saturated rings. The molecule has 1 amide bonds. The van der Waals surface area contributed by atoms with Gasteiger partial charge in [-0.2, -0.15) is 5.54 Å². The maximum Gasteiger partial charge on any atom is 0.250 e. The summed E-state index contributed by atoms with van der Waals surface area (Å²) in [7, 11) is 0. The molecule has 0 bridgehead atoms. The smallest absolute Gasteiger partial charge is 0.250 e. The quantitative estimate of drug-likeness (QED) is 0.539. The Balaban J connectivity index is 0. The van der Waals surface area contributed by atoms with Gasteiger partial charge >= 0.3 is 0 Å². The molecule has 0 atom stereocenters. The second-order valence-electron chi connectivity index (χ2n) is 1.61. The molecule has 8 heavy (non-hydrogen) atoms. The second-order valence-corrected chi connectivity index (χ2v) is 1.61. The predicted molar refractivity (Wildman–Crippen MR) is 24.1 cm³/mol. The molecule has 0 aromatic carbocycles. The molecule has 0 radical (unpaired) electrons. The normalized spacial score (nSPS) is 8.00. The summed E-state index contributed by atoms with van der Waals surface area (Å²) in [5.41, 5.74) is 1.03. The second kappa shape index (κ2) is 5.79. The first-order chi connectivity index (χ1) is 3.18. The predicted octanol–water partition coefficient (Wildman–Crippen LogP) is 0.643. The first-order valence-electron chi connectivity index (χ1n) is 2.09. The van der Waals surface area contributed by atoms with Crippen LogP contribution in [0.2, 0.25) is 0 Å². The maximum atomic E-state index is 11.0. The molecule has 0 saturated heterocycles. The third-order valence-electron chi connectivity index (χ3n) is 0.618. The Hall–Kier alpha value is 0.660. The summed E-state index contributed by atoms with van der Waals surface area (Å²) in [5, 5.41) is 0. The van der Waals surface area contributed by atoms with E-state index in [1.54, 1.807) is 13.8 Å². The Kier molecular flexibility index (Phi) is 8.29. The van der Waals surface area contributed by atoms with Crippen LogP contribution in [0.15, 0.2) is 0 Å². The van der Waals surface area contributed by atoms with Crippen molar-refractivity contribution in [3.63, 3.8) is 0 Å². The van der Waals surface area contributed by atoms with Crippen LogP contribution in [0.1, 0.15) is 13.8 Å². The molecular formula is C4H8ArFNO. The molecule has 4 heteroatoms. The molecule has 0 unspecified atom stereocenters. The van der Waals surface area contributed by atoms with Crippen molar-refractivity contribution in [2.75, 3.05) is 0 Å². The Labute approximate surface area is 77.8 Å². The van der Waals surface area contributed by atoms with E-state index in [0.717, 1.165) is 5.54 Å². The maximum absolute atomic E-state index is 11.0. The first kappa shape index (κ1) is 11.5. The molecule has 1 N–H and O–H groups in total. The number of halogens is 1. The summed E-state index contributed by atoms with van der Waals surface area (Å²) < 4.78 is 11.0. The first-order valence-corrected chi connectivity index (χ1v) is 2.09. The molecule has 0 heterocycles. The van der Waals surface area contributed by atoms with E-state index in [9.17, 15) is 9.28 Å². The van der Waals surface area contributed by atoms with Crippen molar-refractivity contribution in [2.24, 2.45) is 5.92 Å². The number of amides is 1. The topological polar surface area (TPSA) is 29.1 Å². The number of nitrogens with one attached hydrogen (secondary N) is 1. The molecule has 0 rings (SSSR count). The Bertz CT molecular complexity index is 76.4.